The number of hydrogen-bond donors (Lipinski definition) is 2. The third kappa shape index (κ3) is 4.73. The highest BCUT2D eigenvalue weighted by Crippen LogP contribution is 2.17. The van der Waals surface area contributed by atoms with Gasteiger partial charge in [-0.15, -0.1) is 0 Å². The summed E-state index contributed by atoms with van der Waals surface area (Å²) in [6, 6.07) is 17.5. The maximum atomic E-state index is 12.0. The predicted octanol–water partition coefficient (Wildman–Crippen LogP) is 3.86. The van der Waals surface area contributed by atoms with Crippen LogP contribution in [0.5, 0.6) is 5.75 Å². The summed E-state index contributed by atoms with van der Waals surface area (Å²) in [7, 11) is 0. The second-order valence-corrected chi connectivity index (χ2v) is 5.66. The third-order valence-corrected chi connectivity index (χ3v) is 3.54. The topological polar surface area (TPSA) is 80.6 Å². The minimum absolute atomic E-state index is 0.105. The first-order valence-electron chi connectivity index (χ1n) is 8.04. The van der Waals surface area contributed by atoms with E-state index in [9.17, 15) is 9.59 Å². The summed E-state index contributed by atoms with van der Waals surface area (Å²) in [6.07, 6.45) is 1.43. The smallest absolute Gasteiger partial charge is 0.291 e. The SMILES string of the molecule is Cc1ccc(OCC(=O)Nc2cccc(NC(=O)c3ccco3)c2)cc1. The van der Waals surface area contributed by atoms with Gasteiger partial charge in [0.2, 0.25) is 0 Å². The average Bonchev–Trinajstić information content (AvgIpc) is 3.16. The minimum atomic E-state index is -0.360. The monoisotopic (exact) mass is 350 g/mol. The molecule has 132 valence electrons. The van der Waals surface area contributed by atoms with Gasteiger partial charge in [0.15, 0.2) is 12.4 Å². The molecule has 0 unspecified atom stereocenters. The molecular weight excluding hydrogens is 332 g/mol. The van der Waals surface area contributed by atoms with E-state index in [1.165, 1.54) is 6.26 Å². The maximum Gasteiger partial charge on any atom is 0.291 e. The fourth-order valence-electron chi connectivity index (χ4n) is 2.26. The van der Waals surface area contributed by atoms with Gasteiger partial charge < -0.3 is 19.8 Å². The van der Waals surface area contributed by atoms with Crippen molar-refractivity contribution in [2.24, 2.45) is 0 Å². The van der Waals surface area contributed by atoms with Gasteiger partial charge in [0, 0.05) is 11.4 Å². The van der Waals surface area contributed by atoms with Crippen LogP contribution < -0.4 is 15.4 Å². The first kappa shape index (κ1) is 17.3. The van der Waals surface area contributed by atoms with Crippen LogP contribution >= 0.6 is 0 Å². The van der Waals surface area contributed by atoms with Crippen molar-refractivity contribution in [3.63, 3.8) is 0 Å². The van der Waals surface area contributed by atoms with Crippen LogP contribution in [-0.4, -0.2) is 18.4 Å². The normalized spacial score (nSPS) is 10.2. The number of hydrogen-bond acceptors (Lipinski definition) is 4. The summed E-state index contributed by atoms with van der Waals surface area (Å²) in [5.41, 5.74) is 2.22. The predicted molar refractivity (Wildman–Crippen MR) is 98.4 cm³/mol. The van der Waals surface area contributed by atoms with Gasteiger partial charge in [0.1, 0.15) is 5.75 Å². The molecule has 3 aromatic rings. The molecule has 0 aliphatic rings. The summed E-state index contributed by atoms with van der Waals surface area (Å²) in [5, 5.41) is 5.44. The van der Waals surface area contributed by atoms with Crippen molar-refractivity contribution in [3.05, 3.63) is 78.3 Å². The van der Waals surface area contributed by atoms with Crippen LogP contribution in [0.1, 0.15) is 16.1 Å². The zero-order chi connectivity index (χ0) is 18.4. The van der Waals surface area contributed by atoms with Crippen molar-refractivity contribution in [3.8, 4) is 5.75 Å². The zero-order valence-electron chi connectivity index (χ0n) is 14.2. The first-order chi connectivity index (χ1) is 12.6. The van der Waals surface area contributed by atoms with Crippen LogP contribution in [0.4, 0.5) is 11.4 Å². The standard InChI is InChI=1S/C20H18N2O4/c1-14-7-9-17(10-8-14)26-13-19(23)21-15-4-2-5-16(12-15)22-20(24)18-6-3-11-25-18/h2-12H,13H2,1H3,(H,21,23)(H,22,24). The van der Waals surface area contributed by atoms with Crippen molar-refractivity contribution >= 4 is 23.2 Å². The van der Waals surface area contributed by atoms with E-state index in [1.54, 1.807) is 36.4 Å². The summed E-state index contributed by atoms with van der Waals surface area (Å²) >= 11 is 0. The Bertz CT molecular complexity index is 886. The molecule has 6 heteroatoms. The fraction of sp³-hybridized carbons (Fsp3) is 0.100. The Labute approximate surface area is 150 Å². The highest BCUT2D eigenvalue weighted by atomic mass is 16.5. The summed E-state index contributed by atoms with van der Waals surface area (Å²) in [4.78, 5) is 24.0. The lowest BCUT2D eigenvalue weighted by molar-refractivity contribution is -0.118. The van der Waals surface area contributed by atoms with Crippen molar-refractivity contribution in [2.45, 2.75) is 6.92 Å². The quantitative estimate of drug-likeness (QED) is 0.707. The molecule has 6 nitrogen and oxygen atoms in total. The van der Waals surface area contributed by atoms with Crippen LogP contribution in [-0.2, 0) is 4.79 Å². The molecule has 0 radical (unpaired) electrons. The van der Waals surface area contributed by atoms with Gasteiger partial charge in [-0.25, -0.2) is 0 Å². The molecule has 2 N–H and O–H groups in total. The van der Waals surface area contributed by atoms with E-state index >= 15 is 0 Å². The number of aryl methyl sites for hydroxylation is 1. The largest absolute Gasteiger partial charge is 0.484 e. The number of carbonyl (C=O) groups is 2. The van der Waals surface area contributed by atoms with Gasteiger partial charge in [-0.3, -0.25) is 9.59 Å². The lowest BCUT2D eigenvalue weighted by atomic mass is 10.2. The van der Waals surface area contributed by atoms with Crippen molar-refractivity contribution in [1.29, 1.82) is 0 Å². The Kier molecular flexibility index (Phi) is 5.34. The molecule has 0 bridgehead atoms. The molecule has 1 heterocycles. The molecular formula is C20H18N2O4. The highest BCUT2D eigenvalue weighted by Gasteiger charge is 2.09. The van der Waals surface area contributed by atoms with E-state index in [4.69, 9.17) is 9.15 Å². The number of ether oxygens (including phenoxy) is 1. The Hall–Kier alpha value is -3.54. The van der Waals surface area contributed by atoms with Gasteiger partial charge in [-0.2, -0.15) is 0 Å². The van der Waals surface area contributed by atoms with Crippen LogP contribution in [0, 0.1) is 6.92 Å². The molecule has 0 fully saturated rings. The number of furan rings is 1. The van der Waals surface area contributed by atoms with Crippen molar-refractivity contribution in [1.82, 2.24) is 0 Å². The Morgan fingerprint density at radius 2 is 1.69 bits per heavy atom. The van der Waals surface area contributed by atoms with Crippen molar-refractivity contribution < 1.29 is 18.7 Å². The van der Waals surface area contributed by atoms with Crippen LogP contribution in [0.2, 0.25) is 0 Å². The molecule has 0 saturated carbocycles. The lowest BCUT2D eigenvalue weighted by Gasteiger charge is -2.09. The Balaban J connectivity index is 1.55. The van der Waals surface area contributed by atoms with Gasteiger partial charge in [0.25, 0.3) is 11.8 Å². The molecule has 0 atom stereocenters. The van der Waals surface area contributed by atoms with E-state index in [0.717, 1.165) is 5.56 Å². The van der Waals surface area contributed by atoms with Gasteiger partial charge >= 0.3 is 0 Å². The number of rotatable bonds is 6. The van der Waals surface area contributed by atoms with E-state index in [1.807, 2.05) is 31.2 Å². The summed E-state index contributed by atoms with van der Waals surface area (Å²) in [5.74, 6) is 0.192. The molecule has 0 saturated heterocycles. The molecule has 26 heavy (non-hydrogen) atoms. The molecule has 0 aliphatic carbocycles. The number of benzene rings is 2. The lowest BCUT2D eigenvalue weighted by Crippen LogP contribution is -2.20. The van der Waals surface area contributed by atoms with E-state index in [0.29, 0.717) is 17.1 Å². The third-order valence-electron chi connectivity index (χ3n) is 3.54. The number of amides is 2. The summed E-state index contributed by atoms with van der Waals surface area (Å²) < 4.78 is 10.5. The van der Waals surface area contributed by atoms with Gasteiger partial charge in [-0.1, -0.05) is 23.8 Å². The highest BCUT2D eigenvalue weighted by molar-refractivity contribution is 6.02. The van der Waals surface area contributed by atoms with Crippen LogP contribution in [0.3, 0.4) is 0 Å². The number of nitrogens with one attached hydrogen (secondary N) is 2. The molecule has 3 rings (SSSR count). The number of anilines is 2. The van der Waals surface area contributed by atoms with Crippen LogP contribution in [0.15, 0.2) is 71.3 Å². The summed E-state index contributed by atoms with van der Waals surface area (Å²) in [6.45, 7) is 1.88. The van der Waals surface area contributed by atoms with Gasteiger partial charge in [-0.05, 0) is 49.4 Å². The van der Waals surface area contributed by atoms with E-state index in [-0.39, 0.29) is 24.2 Å². The second-order valence-electron chi connectivity index (χ2n) is 5.66. The zero-order valence-corrected chi connectivity index (χ0v) is 14.2. The Morgan fingerprint density at radius 3 is 2.38 bits per heavy atom. The molecule has 2 aromatic carbocycles. The Morgan fingerprint density at radius 1 is 0.962 bits per heavy atom. The molecule has 1 aromatic heterocycles. The van der Waals surface area contributed by atoms with Crippen molar-refractivity contribution in [2.75, 3.05) is 17.2 Å². The fourth-order valence-corrected chi connectivity index (χ4v) is 2.26. The average molecular weight is 350 g/mol. The van der Waals surface area contributed by atoms with Crippen LogP contribution in [0.25, 0.3) is 0 Å². The molecule has 0 aliphatic heterocycles. The second kappa shape index (κ2) is 8.02. The number of carbonyl (C=O) groups excluding carboxylic acids is 2. The first-order valence-corrected chi connectivity index (χ1v) is 8.04. The molecule has 2 amide bonds. The van der Waals surface area contributed by atoms with E-state index < -0.39 is 0 Å². The molecule has 0 spiro atoms. The minimum Gasteiger partial charge on any atom is -0.484 e. The van der Waals surface area contributed by atoms with E-state index in [2.05, 4.69) is 10.6 Å². The van der Waals surface area contributed by atoms with Gasteiger partial charge in [0.05, 0.1) is 6.26 Å². The maximum absolute atomic E-state index is 12.0.